The fourth-order valence-corrected chi connectivity index (χ4v) is 5.20. The first-order valence-electron chi connectivity index (χ1n) is 12.6. The zero-order valence-electron chi connectivity index (χ0n) is 21.1. The topological polar surface area (TPSA) is 109 Å². The lowest BCUT2D eigenvalue weighted by Gasteiger charge is -2.32. The van der Waals surface area contributed by atoms with Crippen LogP contribution < -0.4 is 20.3 Å². The number of carbonyl (C=O) groups excluding carboxylic acids is 2. The number of amides is 2. The van der Waals surface area contributed by atoms with Crippen LogP contribution in [0.4, 0.5) is 23.9 Å². The summed E-state index contributed by atoms with van der Waals surface area (Å²) < 4.78 is 42.6. The van der Waals surface area contributed by atoms with Crippen LogP contribution in [0.1, 0.15) is 24.1 Å². The Balaban J connectivity index is 1.13. The second-order valence-corrected chi connectivity index (χ2v) is 10.3. The highest BCUT2D eigenvalue weighted by Crippen LogP contribution is 2.33. The number of halogens is 3. The van der Waals surface area contributed by atoms with Crippen LogP contribution >= 0.6 is 11.8 Å². The molecule has 3 aromatic rings. The number of aromatic nitrogens is 3. The SMILES string of the molecule is O=C1NC(=O)/C(=C/c2ccnc(N3CCC(CNCc4ccnc(-c5ccccc5OC(F)(F)F)c4)CC3)n2)S1. The van der Waals surface area contributed by atoms with Crippen molar-refractivity contribution in [2.45, 2.75) is 25.7 Å². The van der Waals surface area contributed by atoms with Crippen LogP contribution in [-0.2, 0) is 11.3 Å². The number of anilines is 1. The van der Waals surface area contributed by atoms with Gasteiger partial charge in [0.2, 0.25) is 5.95 Å². The molecule has 2 aliphatic heterocycles. The summed E-state index contributed by atoms with van der Waals surface area (Å²) in [5.41, 5.74) is 2.14. The number of piperidine rings is 1. The van der Waals surface area contributed by atoms with E-state index in [2.05, 4.69) is 35.2 Å². The monoisotopic (exact) mass is 570 g/mol. The highest BCUT2D eigenvalue weighted by molar-refractivity contribution is 8.18. The third-order valence-electron chi connectivity index (χ3n) is 6.46. The van der Waals surface area contributed by atoms with Crippen molar-refractivity contribution in [3.8, 4) is 17.0 Å². The fourth-order valence-electron chi connectivity index (χ4n) is 4.53. The number of nitrogens with zero attached hydrogens (tertiary/aromatic N) is 4. The molecule has 5 rings (SSSR count). The third kappa shape index (κ3) is 7.16. The number of hydrogen-bond donors (Lipinski definition) is 2. The number of ether oxygens (including phenoxy) is 1. The average Bonchev–Trinajstić information content (AvgIpc) is 3.25. The number of nitrogens with one attached hydrogen (secondary N) is 2. The molecule has 0 spiro atoms. The van der Waals surface area contributed by atoms with E-state index in [9.17, 15) is 22.8 Å². The smallest absolute Gasteiger partial charge is 0.405 e. The first kappa shape index (κ1) is 27.6. The molecule has 1 aromatic carbocycles. The van der Waals surface area contributed by atoms with Gasteiger partial charge in [-0.2, -0.15) is 0 Å². The van der Waals surface area contributed by atoms with E-state index < -0.39 is 17.5 Å². The van der Waals surface area contributed by atoms with Gasteiger partial charge in [0.05, 0.1) is 16.3 Å². The normalized spacial score (nSPS) is 17.4. The number of alkyl halides is 3. The summed E-state index contributed by atoms with van der Waals surface area (Å²) in [6.07, 6.45) is 1.87. The molecule has 9 nitrogen and oxygen atoms in total. The first-order chi connectivity index (χ1) is 19.2. The third-order valence-corrected chi connectivity index (χ3v) is 7.27. The van der Waals surface area contributed by atoms with Crippen molar-refractivity contribution < 1.29 is 27.5 Å². The van der Waals surface area contributed by atoms with E-state index in [-0.39, 0.29) is 11.3 Å². The molecule has 0 bridgehead atoms. The minimum absolute atomic E-state index is 0.273. The minimum Gasteiger partial charge on any atom is -0.405 e. The molecule has 2 N–H and O–H groups in total. The summed E-state index contributed by atoms with van der Waals surface area (Å²) >= 11 is 0.849. The lowest BCUT2D eigenvalue weighted by Crippen LogP contribution is -2.38. The van der Waals surface area contributed by atoms with Crippen molar-refractivity contribution in [1.29, 1.82) is 0 Å². The summed E-state index contributed by atoms with van der Waals surface area (Å²) in [7, 11) is 0. The Hall–Kier alpha value is -3.97. The molecule has 2 fully saturated rings. The van der Waals surface area contributed by atoms with E-state index >= 15 is 0 Å². The van der Waals surface area contributed by atoms with Crippen LogP contribution in [0.5, 0.6) is 5.75 Å². The van der Waals surface area contributed by atoms with Crippen molar-refractivity contribution in [3.05, 3.63) is 71.0 Å². The van der Waals surface area contributed by atoms with Crippen molar-refractivity contribution in [3.63, 3.8) is 0 Å². The van der Waals surface area contributed by atoms with Crippen LogP contribution in [-0.4, -0.2) is 52.1 Å². The molecule has 0 radical (unpaired) electrons. The maximum atomic E-state index is 12.8. The lowest BCUT2D eigenvalue weighted by molar-refractivity contribution is -0.274. The Morgan fingerprint density at radius 2 is 1.88 bits per heavy atom. The molecular formula is C27H25F3N6O3S. The van der Waals surface area contributed by atoms with Crippen molar-refractivity contribution >= 4 is 34.9 Å². The zero-order chi connectivity index (χ0) is 28.1. The van der Waals surface area contributed by atoms with E-state index in [1.54, 1.807) is 42.7 Å². The Morgan fingerprint density at radius 1 is 1.10 bits per heavy atom. The molecule has 40 heavy (non-hydrogen) atoms. The number of carbonyl (C=O) groups is 2. The standard InChI is InChI=1S/C27H25F3N6O3S/c28-27(29,30)39-22-4-2-1-3-20(22)21-13-18(5-9-32-21)16-31-15-17-7-11-36(12-8-17)25-33-10-6-19(34-25)14-23-24(37)35-26(38)40-23/h1-6,9-10,13-14,17,31H,7-8,11-12,15-16H2,(H,35,37,38)/b23-14-. The minimum atomic E-state index is -4.79. The number of hydrogen-bond acceptors (Lipinski definition) is 9. The second kappa shape index (κ2) is 12.0. The molecule has 4 heterocycles. The van der Waals surface area contributed by atoms with Gasteiger partial charge in [-0.1, -0.05) is 12.1 Å². The van der Waals surface area contributed by atoms with Gasteiger partial charge in [0.25, 0.3) is 11.1 Å². The van der Waals surface area contributed by atoms with E-state index in [0.717, 1.165) is 49.8 Å². The fraction of sp³-hybridized carbons (Fsp3) is 0.296. The summed E-state index contributed by atoms with van der Waals surface area (Å²) in [6, 6.07) is 11.2. The van der Waals surface area contributed by atoms with Gasteiger partial charge >= 0.3 is 6.36 Å². The van der Waals surface area contributed by atoms with Crippen molar-refractivity contribution in [2.75, 3.05) is 24.5 Å². The second-order valence-electron chi connectivity index (χ2n) is 9.29. The van der Waals surface area contributed by atoms with Gasteiger partial charge in [0.1, 0.15) is 5.75 Å². The van der Waals surface area contributed by atoms with Gasteiger partial charge in [-0.15, -0.1) is 13.2 Å². The maximum Gasteiger partial charge on any atom is 0.573 e. The van der Waals surface area contributed by atoms with E-state index in [1.165, 1.54) is 12.1 Å². The van der Waals surface area contributed by atoms with Crippen molar-refractivity contribution in [1.82, 2.24) is 25.6 Å². The van der Waals surface area contributed by atoms with Gasteiger partial charge in [-0.3, -0.25) is 19.9 Å². The van der Waals surface area contributed by atoms with Crippen molar-refractivity contribution in [2.24, 2.45) is 5.92 Å². The van der Waals surface area contributed by atoms with Gasteiger partial charge in [0, 0.05) is 37.6 Å². The van der Waals surface area contributed by atoms with Crippen LogP contribution in [0, 0.1) is 5.92 Å². The van der Waals surface area contributed by atoms with E-state index in [0.29, 0.717) is 34.7 Å². The van der Waals surface area contributed by atoms with Gasteiger partial charge in [0.15, 0.2) is 0 Å². The molecule has 2 aliphatic rings. The van der Waals surface area contributed by atoms with Crippen LogP contribution in [0.15, 0.2) is 59.8 Å². The van der Waals surface area contributed by atoms with E-state index in [1.807, 2.05) is 6.07 Å². The Bertz CT molecular complexity index is 1430. The highest BCUT2D eigenvalue weighted by Gasteiger charge is 2.32. The summed E-state index contributed by atoms with van der Waals surface area (Å²) in [5, 5.41) is 5.28. The molecule has 0 atom stereocenters. The molecule has 0 aliphatic carbocycles. The van der Waals surface area contributed by atoms with Gasteiger partial charge in [-0.25, -0.2) is 9.97 Å². The average molecular weight is 571 g/mol. The molecule has 2 aromatic heterocycles. The number of rotatable bonds is 8. The number of thioether (sulfide) groups is 1. The maximum absolute atomic E-state index is 12.8. The molecule has 2 amide bonds. The number of para-hydroxylation sites is 1. The van der Waals surface area contributed by atoms with Crippen LogP contribution in [0.25, 0.3) is 17.3 Å². The first-order valence-corrected chi connectivity index (χ1v) is 13.4. The summed E-state index contributed by atoms with van der Waals surface area (Å²) in [6.45, 7) is 2.88. The molecule has 0 saturated carbocycles. The number of benzene rings is 1. The number of imide groups is 1. The quantitative estimate of drug-likeness (QED) is 0.370. The van der Waals surface area contributed by atoms with Crippen LogP contribution in [0.3, 0.4) is 0 Å². The summed E-state index contributed by atoms with van der Waals surface area (Å²) in [5.74, 6) is 0.304. The van der Waals surface area contributed by atoms with Gasteiger partial charge < -0.3 is 15.0 Å². The highest BCUT2D eigenvalue weighted by atomic mass is 32.2. The predicted molar refractivity (Wildman–Crippen MR) is 144 cm³/mol. The lowest BCUT2D eigenvalue weighted by atomic mass is 9.97. The molecule has 2 saturated heterocycles. The van der Waals surface area contributed by atoms with Gasteiger partial charge in [-0.05, 0) is 79.0 Å². The predicted octanol–water partition coefficient (Wildman–Crippen LogP) is 4.77. The molecular weight excluding hydrogens is 545 g/mol. The number of pyridine rings is 1. The van der Waals surface area contributed by atoms with E-state index in [4.69, 9.17) is 0 Å². The largest absolute Gasteiger partial charge is 0.573 e. The summed E-state index contributed by atoms with van der Waals surface area (Å²) in [4.78, 5) is 38.8. The zero-order valence-corrected chi connectivity index (χ0v) is 22.0. The molecule has 13 heteroatoms. The Morgan fingerprint density at radius 3 is 2.62 bits per heavy atom. The molecule has 0 unspecified atom stereocenters. The Kier molecular flexibility index (Phi) is 8.31. The van der Waals surface area contributed by atoms with Crippen LogP contribution in [0.2, 0.25) is 0 Å². The molecule has 208 valence electrons. The Labute approximate surface area is 232 Å².